The van der Waals surface area contributed by atoms with Gasteiger partial charge in [-0.3, -0.25) is 4.79 Å². The first-order valence-corrected chi connectivity index (χ1v) is 8.95. The van der Waals surface area contributed by atoms with Crippen LogP contribution in [0.5, 0.6) is 0 Å². The molecular formula is C17H20Cl2N2O3. The number of aliphatic carboxylic acids is 1. The molecule has 24 heavy (non-hydrogen) atoms. The van der Waals surface area contributed by atoms with Crippen molar-refractivity contribution in [3.05, 3.63) is 33.8 Å². The molecule has 2 N–H and O–H groups in total. The third-order valence-electron chi connectivity index (χ3n) is 4.81. The van der Waals surface area contributed by atoms with E-state index in [1.54, 1.807) is 23.1 Å². The number of benzene rings is 1. The van der Waals surface area contributed by atoms with E-state index in [2.05, 4.69) is 5.32 Å². The quantitative estimate of drug-likeness (QED) is 0.842. The number of urea groups is 1. The summed E-state index contributed by atoms with van der Waals surface area (Å²) < 4.78 is 0. The molecule has 1 aliphatic heterocycles. The molecule has 1 aromatic rings. The van der Waals surface area contributed by atoms with E-state index in [1.807, 2.05) is 0 Å². The first-order chi connectivity index (χ1) is 11.5. The van der Waals surface area contributed by atoms with Crippen molar-refractivity contribution in [3.63, 3.8) is 0 Å². The van der Waals surface area contributed by atoms with E-state index in [0.29, 0.717) is 41.9 Å². The first kappa shape index (κ1) is 17.4. The SMILES string of the molecule is O=C(O)C1CCN(C(=O)NC(c2c(Cl)cccc2Cl)C2CC2)CC1. The van der Waals surface area contributed by atoms with Crippen LogP contribution in [-0.2, 0) is 4.79 Å². The van der Waals surface area contributed by atoms with E-state index < -0.39 is 5.97 Å². The van der Waals surface area contributed by atoms with E-state index in [-0.39, 0.29) is 18.0 Å². The molecule has 1 atom stereocenters. The molecule has 7 heteroatoms. The Bertz CT molecular complexity index is 620. The summed E-state index contributed by atoms with van der Waals surface area (Å²) in [5.41, 5.74) is 0.775. The number of likely N-dealkylation sites (tertiary alicyclic amines) is 1. The zero-order valence-electron chi connectivity index (χ0n) is 13.2. The Morgan fingerprint density at radius 2 is 1.71 bits per heavy atom. The molecule has 0 aromatic heterocycles. The zero-order valence-corrected chi connectivity index (χ0v) is 14.7. The fourth-order valence-corrected chi connectivity index (χ4v) is 3.85. The molecule has 2 amide bonds. The van der Waals surface area contributed by atoms with Gasteiger partial charge in [0.2, 0.25) is 0 Å². The highest BCUT2D eigenvalue weighted by molar-refractivity contribution is 6.36. The molecule has 1 aliphatic carbocycles. The smallest absolute Gasteiger partial charge is 0.317 e. The van der Waals surface area contributed by atoms with Gasteiger partial charge >= 0.3 is 12.0 Å². The lowest BCUT2D eigenvalue weighted by molar-refractivity contribution is -0.143. The van der Waals surface area contributed by atoms with Crippen molar-refractivity contribution in [3.8, 4) is 0 Å². The molecule has 1 aromatic carbocycles. The molecule has 1 unspecified atom stereocenters. The fraction of sp³-hybridized carbons (Fsp3) is 0.529. The van der Waals surface area contributed by atoms with Gasteiger partial charge in [0.25, 0.3) is 0 Å². The van der Waals surface area contributed by atoms with Crippen LogP contribution in [0, 0.1) is 11.8 Å². The standard InChI is InChI=1S/C17H20Cl2N2O3/c18-12-2-1-3-13(19)14(12)15(10-4-5-10)20-17(24)21-8-6-11(7-9-21)16(22)23/h1-3,10-11,15H,4-9H2,(H,20,24)(H,22,23). The van der Waals surface area contributed by atoms with Gasteiger partial charge in [0, 0.05) is 28.7 Å². The highest BCUT2D eigenvalue weighted by Crippen LogP contribution is 2.45. The number of halogens is 2. The van der Waals surface area contributed by atoms with Crippen molar-refractivity contribution in [2.24, 2.45) is 11.8 Å². The summed E-state index contributed by atoms with van der Waals surface area (Å²) in [6.07, 6.45) is 3.05. The Balaban J connectivity index is 1.69. The average molecular weight is 371 g/mol. The Morgan fingerprint density at radius 1 is 1.12 bits per heavy atom. The molecule has 0 bridgehead atoms. The lowest BCUT2D eigenvalue weighted by Gasteiger charge is -2.32. The Morgan fingerprint density at radius 3 is 2.21 bits per heavy atom. The Hall–Kier alpha value is -1.46. The van der Waals surface area contributed by atoms with Gasteiger partial charge < -0.3 is 15.3 Å². The van der Waals surface area contributed by atoms with Gasteiger partial charge in [-0.05, 0) is 43.7 Å². The number of hydrogen-bond donors (Lipinski definition) is 2. The van der Waals surface area contributed by atoms with Crippen molar-refractivity contribution in [1.82, 2.24) is 10.2 Å². The van der Waals surface area contributed by atoms with Gasteiger partial charge in [0.15, 0.2) is 0 Å². The minimum absolute atomic E-state index is 0.174. The van der Waals surface area contributed by atoms with Crippen LogP contribution in [0.4, 0.5) is 4.79 Å². The number of nitrogens with one attached hydrogen (secondary N) is 1. The summed E-state index contributed by atoms with van der Waals surface area (Å²) >= 11 is 12.6. The summed E-state index contributed by atoms with van der Waals surface area (Å²) in [5.74, 6) is -0.789. The molecule has 1 saturated heterocycles. The number of amides is 2. The maximum Gasteiger partial charge on any atom is 0.317 e. The second-order valence-corrected chi connectivity index (χ2v) is 7.31. The second-order valence-electron chi connectivity index (χ2n) is 6.50. The van der Waals surface area contributed by atoms with Crippen LogP contribution < -0.4 is 5.32 Å². The van der Waals surface area contributed by atoms with Crippen LogP contribution >= 0.6 is 23.2 Å². The van der Waals surface area contributed by atoms with Crippen LogP contribution in [0.2, 0.25) is 10.0 Å². The molecule has 0 spiro atoms. The minimum atomic E-state index is -0.784. The lowest BCUT2D eigenvalue weighted by atomic mass is 9.97. The zero-order chi connectivity index (χ0) is 17.3. The number of carbonyl (C=O) groups is 2. The maximum atomic E-state index is 12.6. The predicted octanol–water partition coefficient (Wildman–Crippen LogP) is 3.95. The topological polar surface area (TPSA) is 69.6 Å². The number of piperidine rings is 1. The van der Waals surface area contributed by atoms with Crippen molar-refractivity contribution >= 4 is 35.2 Å². The monoisotopic (exact) mass is 370 g/mol. The Labute approximate surface area is 150 Å². The van der Waals surface area contributed by atoms with Crippen LogP contribution in [0.25, 0.3) is 0 Å². The van der Waals surface area contributed by atoms with Gasteiger partial charge in [0.1, 0.15) is 0 Å². The molecule has 130 valence electrons. The molecule has 5 nitrogen and oxygen atoms in total. The third kappa shape index (κ3) is 3.78. The summed E-state index contributed by atoms with van der Waals surface area (Å²) in [6.45, 7) is 0.910. The summed E-state index contributed by atoms with van der Waals surface area (Å²) in [4.78, 5) is 25.3. The van der Waals surface area contributed by atoms with Crippen LogP contribution in [-0.4, -0.2) is 35.1 Å². The van der Waals surface area contributed by atoms with Crippen molar-refractivity contribution < 1.29 is 14.7 Å². The number of carbonyl (C=O) groups excluding carboxylic acids is 1. The van der Waals surface area contributed by atoms with Crippen molar-refractivity contribution in [2.75, 3.05) is 13.1 Å². The van der Waals surface area contributed by atoms with E-state index in [4.69, 9.17) is 28.3 Å². The lowest BCUT2D eigenvalue weighted by Crippen LogP contribution is -2.46. The molecule has 3 rings (SSSR count). The van der Waals surface area contributed by atoms with E-state index >= 15 is 0 Å². The number of carboxylic acid groups (broad SMARTS) is 1. The molecule has 1 saturated carbocycles. The highest BCUT2D eigenvalue weighted by atomic mass is 35.5. The number of rotatable bonds is 4. The minimum Gasteiger partial charge on any atom is -0.481 e. The van der Waals surface area contributed by atoms with Crippen molar-refractivity contribution in [2.45, 2.75) is 31.7 Å². The molecular weight excluding hydrogens is 351 g/mol. The third-order valence-corrected chi connectivity index (χ3v) is 5.47. The highest BCUT2D eigenvalue weighted by Gasteiger charge is 2.37. The predicted molar refractivity (Wildman–Crippen MR) is 92.4 cm³/mol. The molecule has 2 fully saturated rings. The second kappa shape index (κ2) is 7.19. The normalized spacial score (nSPS) is 19.8. The van der Waals surface area contributed by atoms with Gasteiger partial charge in [-0.25, -0.2) is 4.79 Å². The molecule has 1 heterocycles. The van der Waals surface area contributed by atoms with Gasteiger partial charge in [-0.1, -0.05) is 29.3 Å². The van der Waals surface area contributed by atoms with E-state index in [1.165, 1.54) is 0 Å². The van der Waals surface area contributed by atoms with Gasteiger partial charge in [-0.2, -0.15) is 0 Å². The van der Waals surface area contributed by atoms with Crippen LogP contribution in [0.1, 0.15) is 37.3 Å². The number of carboxylic acids is 1. The van der Waals surface area contributed by atoms with E-state index in [9.17, 15) is 9.59 Å². The van der Waals surface area contributed by atoms with Gasteiger partial charge in [0.05, 0.1) is 12.0 Å². The molecule has 2 aliphatic rings. The van der Waals surface area contributed by atoms with Crippen LogP contribution in [0.15, 0.2) is 18.2 Å². The summed E-state index contributed by atoms with van der Waals surface area (Å²) in [6, 6.07) is 4.98. The number of nitrogens with zero attached hydrogens (tertiary/aromatic N) is 1. The summed E-state index contributed by atoms with van der Waals surface area (Å²) in [5, 5.41) is 13.2. The fourth-order valence-electron chi connectivity index (χ4n) is 3.22. The Kier molecular flexibility index (Phi) is 5.21. The first-order valence-electron chi connectivity index (χ1n) is 8.19. The van der Waals surface area contributed by atoms with Crippen molar-refractivity contribution in [1.29, 1.82) is 0 Å². The van der Waals surface area contributed by atoms with E-state index in [0.717, 1.165) is 18.4 Å². The van der Waals surface area contributed by atoms with Crippen LogP contribution in [0.3, 0.4) is 0 Å². The number of hydrogen-bond acceptors (Lipinski definition) is 2. The largest absolute Gasteiger partial charge is 0.481 e. The van der Waals surface area contributed by atoms with Gasteiger partial charge in [-0.15, -0.1) is 0 Å². The average Bonchev–Trinajstić information content (AvgIpc) is 3.38. The maximum absolute atomic E-state index is 12.6. The molecule has 0 radical (unpaired) electrons. The summed E-state index contributed by atoms with van der Waals surface area (Å²) in [7, 11) is 0.